The Kier molecular flexibility index (Phi) is 6.78. The average molecular weight is 432 g/mol. The zero-order valence-electron chi connectivity index (χ0n) is 15.9. The summed E-state index contributed by atoms with van der Waals surface area (Å²) in [7, 11) is 1.60. The minimum atomic E-state index is 0.0532. The smallest absolute Gasteiger partial charge is 0.254 e. The minimum Gasteiger partial charge on any atom is -0.492 e. The first-order chi connectivity index (χ1) is 13.1. The van der Waals surface area contributed by atoms with Crippen molar-refractivity contribution in [2.45, 2.75) is 26.2 Å². The lowest BCUT2D eigenvalue weighted by Crippen LogP contribution is -2.38. The Morgan fingerprint density at radius 3 is 2.52 bits per heavy atom. The number of benzene rings is 2. The molecule has 0 spiro atoms. The van der Waals surface area contributed by atoms with Gasteiger partial charge in [-0.15, -0.1) is 0 Å². The number of amides is 1. The van der Waals surface area contributed by atoms with Crippen LogP contribution in [0.4, 0.5) is 0 Å². The summed E-state index contributed by atoms with van der Waals surface area (Å²) in [4.78, 5) is 14.9. The molecule has 0 atom stereocenters. The maximum atomic E-state index is 13.0. The van der Waals surface area contributed by atoms with Gasteiger partial charge in [0.15, 0.2) is 11.5 Å². The van der Waals surface area contributed by atoms with Crippen LogP contribution < -0.4 is 9.47 Å². The van der Waals surface area contributed by atoms with Crippen molar-refractivity contribution in [3.63, 3.8) is 0 Å². The van der Waals surface area contributed by atoms with Crippen molar-refractivity contribution in [3.8, 4) is 11.5 Å². The molecule has 144 valence electrons. The number of carbonyl (C=O) groups is 1. The SMILES string of the molecule is CCOc1cc(C(=O)N2CCC(Cc3ccccc3)CC2)cc(Br)c1OC. The standard InChI is InChI=1S/C22H26BrNO3/c1-3-27-20-15-18(14-19(23)21(20)26-2)22(25)24-11-9-17(10-12-24)13-16-7-5-4-6-8-16/h4-8,14-15,17H,3,9-13H2,1-2H3. The normalized spacial score (nSPS) is 14.9. The molecular weight excluding hydrogens is 406 g/mol. The number of hydrogen-bond acceptors (Lipinski definition) is 3. The van der Waals surface area contributed by atoms with Gasteiger partial charge in [0.05, 0.1) is 18.2 Å². The van der Waals surface area contributed by atoms with E-state index >= 15 is 0 Å². The summed E-state index contributed by atoms with van der Waals surface area (Å²) in [5.41, 5.74) is 2.01. The van der Waals surface area contributed by atoms with Gasteiger partial charge < -0.3 is 14.4 Å². The largest absolute Gasteiger partial charge is 0.492 e. The molecular formula is C22H26BrNO3. The van der Waals surface area contributed by atoms with Crippen LogP contribution in [0.2, 0.25) is 0 Å². The van der Waals surface area contributed by atoms with Gasteiger partial charge in [-0.25, -0.2) is 0 Å². The van der Waals surface area contributed by atoms with Crippen LogP contribution in [0.1, 0.15) is 35.7 Å². The van der Waals surface area contributed by atoms with Gasteiger partial charge in [-0.2, -0.15) is 0 Å². The number of nitrogens with zero attached hydrogens (tertiary/aromatic N) is 1. The summed E-state index contributed by atoms with van der Waals surface area (Å²) < 4.78 is 11.8. The van der Waals surface area contributed by atoms with E-state index in [0.29, 0.717) is 29.6 Å². The monoisotopic (exact) mass is 431 g/mol. The second-order valence-electron chi connectivity index (χ2n) is 6.85. The molecule has 3 rings (SSSR count). The Hall–Kier alpha value is -2.01. The van der Waals surface area contributed by atoms with E-state index in [4.69, 9.17) is 9.47 Å². The maximum absolute atomic E-state index is 13.0. The molecule has 4 nitrogen and oxygen atoms in total. The van der Waals surface area contributed by atoms with Crippen LogP contribution >= 0.6 is 15.9 Å². The van der Waals surface area contributed by atoms with Gasteiger partial charge in [-0.1, -0.05) is 30.3 Å². The maximum Gasteiger partial charge on any atom is 0.254 e. The van der Waals surface area contributed by atoms with E-state index in [2.05, 4.69) is 40.2 Å². The molecule has 1 heterocycles. The van der Waals surface area contributed by atoms with E-state index in [0.717, 1.165) is 36.8 Å². The quantitative estimate of drug-likeness (QED) is 0.649. The fraction of sp³-hybridized carbons (Fsp3) is 0.409. The Morgan fingerprint density at radius 2 is 1.89 bits per heavy atom. The molecule has 0 bridgehead atoms. The number of methoxy groups -OCH3 is 1. The van der Waals surface area contributed by atoms with Crippen LogP contribution in [-0.4, -0.2) is 37.6 Å². The molecule has 27 heavy (non-hydrogen) atoms. The summed E-state index contributed by atoms with van der Waals surface area (Å²) in [6, 6.07) is 14.2. The average Bonchev–Trinajstić information content (AvgIpc) is 2.69. The third kappa shape index (κ3) is 4.83. The molecule has 1 aliphatic heterocycles. The number of likely N-dealkylation sites (tertiary alicyclic amines) is 1. The van der Waals surface area contributed by atoms with Crippen LogP contribution in [0.3, 0.4) is 0 Å². The van der Waals surface area contributed by atoms with Crippen molar-refractivity contribution in [1.82, 2.24) is 4.90 Å². The van der Waals surface area contributed by atoms with E-state index in [1.54, 1.807) is 13.2 Å². The van der Waals surface area contributed by atoms with E-state index in [9.17, 15) is 4.79 Å². The second kappa shape index (κ2) is 9.27. The van der Waals surface area contributed by atoms with Crippen molar-refractivity contribution in [2.75, 3.05) is 26.8 Å². The molecule has 2 aromatic carbocycles. The molecule has 0 aliphatic carbocycles. The Labute approximate surface area is 169 Å². The third-order valence-corrected chi connectivity index (χ3v) is 5.62. The van der Waals surface area contributed by atoms with Crippen LogP contribution in [0.15, 0.2) is 46.9 Å². The molecule has 2 aromatic rings. The lowest BCUT2D eigenvalue weighted by Gasteiger charge is -2.32. The van der Waals surface area contributed by atoms with E-state index in [-0.39, 0.29) is 5.91 Å². The highest BCUT2D eigenvalue weighted by Crippen LogP contribution is 2.37. The predicted octanol–water partition coefficient (Wildman–Crippen LogP) is 4.95. The number of carbonyl (C=O) groups excluding carboxylic acids is 1. The van der Waals surface area contributed by atoms with E-state index in [1.165, 1.54) is 5.56 Å². The van der Waals surface area contributed by atoms with E-state index in [1.807, 2.05) is 24.0 Å². The van der Waals surface area contributed by atoms with Gasteiger partial charge in [0.25, 0.3) is 5.91 Å². The van der Waals surface area contributed by atoms with Gasteiger partial charge in [-0.05, 0) is 65.7 Å². The van der Waals surface area contributed by atoms with Crippen molar-refractivity contribution in [1.29, 1.82) is 0 Å². The van der Waals surface area contributed by atoms with Gasteiger partial charge in [0.2, 0.25) is 0 Å². The molecule has 1 amide bonds. The van der Waals surface area contributed by atoms with Crippen LogP contribution in [0, 0.1) is 5.92 Å². The second-order valence-corrected chi connectivity index (χ2v) is 7.70. The molecule has 0 aromatic heterocycles. The first-order valence-electron chi connectivity index (χ1n) is 9.46. The zero-order valence-corrected chi connectivity index (χ0v) is 17.5. The lowest BCUT2D eigenvalue weighted by molar-refractivity contribution is 0.0690. The summed E-state index contributed by atoms with van der Waals surface area (Å²) in [6.07, 6.45) is 3.16. The molecule has 1 aliphatic rings. The lowest BCUT2D eigenvalue weighted by atomic mass is 9.90. The first-order valence-corrected chi connectivity index (χ1v) is 10.2. The topological polar surface area (TPSA) is 38.8 Å². The highest BCUT2D eigenvalue weighted by molar-refractivity contribution is 9.10. The molecule has 0 radical (unpaired) electrons. The summed E-state index contributed by atoms with van der Waals surface area (Å²) in [6.45, 7) is 4.03. The fourth-order valence-corrected chi connectivity index (χ4v) is 4.23. The number of piperidine rings is 1. The Balaban J connectivity index is 1.65. The van der Waals surface area contributed by atoms with Crippen molar-refractivity contribution >= 4 is 21.8 Å². The highest BCUT2D eigenvalue weighted by Gasteiger charge is 2.25. The summed E-state index contributed by atoms with van der Waals surface area (Å²) in [5, 5.41) is 0. The first kappa shape index (κ1) is 19.7. The van der Waals surface area contributed by atoms with Gasteiger partial charge in [0, 0.05) is 18.7 Å². The molecule has 5 heteroatoms. The molecule has 0 N–H and O–H groups in total. The predicted molar refractivity (Wildman–Crippen MR) is 111 cm³/mol. The van der Waals surface area contributed by atoms with Gasteiger partial charge in [-0.3, -0.25) is 4.79 Å². The Bertz CT molecular complexity index is 771. The molecule has 1 fully saturated rings. The summed E-state index contributed by atoms with van der Waals surface area (Å²) in [5.74, 6) is 1.90. The van der Waals surface area contributed by atoms with E-state index < -0.39 is 0 Å². The zero-order chi connectivity index (χ0) is 19.2. The van der Waals surface area contributed by atoms with Crippen LogP contribution in [-0.2, 0) is 6.42 Å². The van der Waals surface area contributed by atoms with Gasteiger partial charge >= 0.3 is 0 Å². The molecule has 0 saturated carbocycles. The van der Waals surface area contributed by atoms with Crippen LogP contribution in [0.5, 0.6) is 11.5 Å². The molecule has 1 saturated heterocycles. The number of hydrogen-bond donors (Lipinski definition) is 0. The number of rotatable bonds is 6. The Morgan fingerprint density at radius 1 is 1.19 bits per heavy atom. The highest BCUT2D eigenvalue weighted by atomic mass is 79.9. The minimum absolute atomic E-state index is 0.0532. The van der Waals surface area contributed by atoms with Gasteiger partial charge in [0.1, 0.15) is 0 Å². The third-order valence-electron chi connectivity index (χ3n) is 5.03. The number of ether oxygens (including phenoxy) is 2. The van der Waals surface area contributed by atoms with Crippen molar-refractivity contribution in [3.05, 3.63) is 58.1 Å². The summed E-state index contributed by atoms with van der Waals surface area (Å²) >= 11 is 3.49. The fourth-order valence-electron chi connectivity index (χ4n) is 3.62. The van der Waals surface area contributed by atoms with Crippen LogP contribution in [0.25, 0.3) is 0 Å². The number of halogens is 1. The van der Waals surface area contributed by atoms with Crippen molar-refractivity contribution < 1.29 is 14.3 Å². The van der Waals surface area contributed by atoms with Crippen molar-refractivity contribution in [2.24, 2.45) is 5.92 Å². The molecule has 0 unspecified atom stereocenters.